The van der Waals surface area contributed by atoms with Crippen LogP contribution < -0.4 is 9.62 Å². The maximum absolute atomic E-state index is 13.6. The molecule has 0 aliphatic carbocycles. The molecule has 0 saturated carbocycles. The Morgan fingerprint density at radius 3 is 2.18 bits per heavy atom. The third-order valence-corrected chi connectivity index (χ3v) is 7.76. The van der Waals surface area contributed by atoms with Crippen molar-refractivity contribution in [2.75, 3.05) is 23.7 Å². The molecule has 2 aromatic carbocycles. The average molecular weight is 617 g/mol. The van der Waals surface area contributed by atoms with Crippen LogP contribution in [0.5, 0.6) is 0 Å². The van der Waals surface area contributed by atoms with Crippen molar-refractivity contribution in [3.63, 3.8) is 0 Å². The van der Waals surface area contributed by atoms with E-state index in [1.807, 2.05) is 6.92 Å². The highest BCUT2D eigenvalue weighted by Crippen LogP contribution is 2.36. The zero-order valence-electron chi connectivity index (χ0n) is 20.8. The van der Waals surface area contributed by atoms with E-state index in [1.165, 1.54) is 19.1 Å². The Labute approximate surface area is 234 Å². The number of nitrogens with one attached hydrogen (secondary N) is 1. The summed E-state index contributed by atoms with van der Waals surface area (Å²) in [5, 5.41) is 2.80. The van der Waals surface area contributed by atoms with Gasteiger partial charge in [0.15, 0.2) is 0 Å². The molecule has 0 saturated heterocycles. The predicted octanol–water partition coefficient (Wildman–Crippen LogP) is 5.77. The van der Waals surface area contributed by atoms with Crippen LogP contribution in [0.25, 0.3) is 0 Å². The second-order valence-electron chi connectivity index (χ2n) is 8.48. The number of hydrogen-bond acceptors (Lipinski definition) is 4. The maximum atomic E-state index is 13.6. The number of halogens is 6. The number of rotatable bonds is 11. The fraction of sp³-hybridized carbons (Fsp3) is 0.417. The molecule has 14 heteroatoms. The molecule has 0 fully saturated rings. The lowest BCUT2D eigenvalue weighted by Gasteiger charge is -2.32. The molecule has 1 unspecified atom stereocenters. The lowest BCUT2D eigenvalue weighted by molar-refractivity contribution is -0.139. The Hall–Kier alpha value is -2.21. The van der Waals surface area contributed by atoms with Crippen molar-refractivity contribution in [1.82, 2.24) is 10.2 Å². The van der Waals surface area contributed by atoms with Crippen LogP contribution in [0.3, 0.4) is 0 Å². The van der Waals surface area contributed by atoms with Crippen LogP contribution >= 0.6 is 34.8 Å². The molecule has 2 amide bonds. The lowest BCUT2D eigenvalue weighted by atomic mass is 10.1. The molecule has 0 radical (unpaired) electrons. The molecule has 1 N–H and O–H groups in total. The van der Waals surface area contributed by atoms with Gasteiger partial charge in [0.2, 0.25) is 21.8 Å². The fourth-order valence-corrected chi connectivity index (χ4v) is 5.09. The van der Waals surface area contributed by atoms with E-state index in [-0.39, 0.29) is 21.6 Å². The molecule has 2 rings (SSSR count). The summed E-state index contributed by atoms with van der Waals surface area (Å²) >= 11 is 18.6. The quantitative estimate of drug-likeness (QED) is 0.325. The highest BCUT2D eigenvalue weighted by Gasteiger charge is 2.35. The van der Waals surface area contributed by atoms with Crippen molar-refractivity contribution in [3.05, 3.63) is 62.6 Å². The van der Waals surface area contributed by atoms with E-state index in [9.17, 15) is 31.2 Å². The summed E-state index contributed by atoms with van der Waals surface area (Å²) in [6, 6.07) is 5.68. The summed E-state index contributed by atoms with van der Waals surface area (Å²) in [6.07, 6.45) is -2.55. The number of benzene rings is 2. The molecule has 0 spiro atoms. The van der Waals surface area contributed by atoms with E-state index < -0.39 is 51.9 Å². The van der Waals surface area contributed by atoms with E-state index in [2.05, 4.69) is 5.32 Å². The summed E-state index contributed by atoms with van der Waals surface area (Å²) in [5.41, 5.74) is -1.38. The minimum Gasteiger partial charge on any atom is -0.354 e. The molecule has 7 nitrogen and oxygen atoms in total. The minimum atomic E-state index is -4.79. The Morgan fingerprint density at radius 2 is 1.66 bits per heavy atom. The van der Waals surface area contributed by atoms with Crippen molar-refractivity contribution in [2.45, 2.75) is 45.5 Å². The first-order valence-corrected chi connectivity index (χ1v) is 14.4. The van der Waals surface area contributed by atoms with Gasteiger partial charge < -0.3 is 10.2 Å². The molecule has 0 aliphatic heterocycles. The van der Waals surface area contributed by atoms with E-state index in [1.54, 1.807) is 6.07 Å². The third-order valence-electron chi connectivity index (χ3n) is 5.61. The molecule has 38 heavy (non-hydrogen) atoms. The molecule has 0 aliphatic rings. The van der Waals surface area contributed by atoms with Crippen LogP contribution in [-0.4, -0.2) is 50.5 Å². The van der Waals surface area contributed by atoms with Crippen LogP contribution in [0, 0.1) is 0 Å². The largest absolute Gasteiger partial charge is 0.416 e. The fourth-order valence-electron chi connectivity index (χ4n) is 3.45. The van der Waals surface area contributed by atoms with E-state index in [0.717, 1.165) is 23.6 Å². The first-order chi connectivity index (χ1) is 17.6. The normalized spacial score (nSPS) is 12.7. The second-order valence-corrected chi connectivity index (χ2v) is 11.6. The lowest BCUT2D eigenvalue weighted by Crippen LogP contribution is -2.51. The highest BCUT2D eigenvalue weighted by atomic mass is 35.5. The van der Waals surface area contributed by atoms with Crippen LogP contribution in [0.1, 0.15) is 37.8 Å². The Balaban J connectivity index is 2.52. The van der Waals surface area contributed by atoms with E-state index in [0.29, 0.717) is 35.0 Å². The number of unbranched alkanes of at least 4 members (excludes halogenated alkanes) is 1. The minimum absolute atomic E-state index is 0.204. The second kappa shape index (κ2) is 13.2. The molecule has 2 aromatic rings. The van der Waals surface area contributed by atoms with Gasteiger partial charge in [0.1, 0.15) is 12.6 Å². The van der Waals surface area contributed by atoms with Gasteiger partial charge in [0, 0.05) is 28.7 Å². The highest BCUT2D eigenvalue weighted by molar-refractivity contribution is 7.92. The summed E-state index contributed by atoms with van der Waals surface area (Å²) in [7, 11) is -4.30. The van der Waals surface area contributed by atoms with Crippen molar-refractivity contribution >= 4 is 62.3 Å². The van der Waals surface area contributed by atoms with Crippen molar-refractivity contribution < 1.29 is 31.2 Å². The number of anilines is 1. The molecule has 0 heterocycles. The van der Waals surface area contributed by atoms with E-state index in [4.69, 9.17) is 34.8 Å². The summed E-state index contributed by atoms with van der Waals surface area (Å²) < 4.78 is 65.8. The average Bonchev–Trinajstić information content (AvgIpc) is 2.81. The van der Waals surface area contributed by atoms with Gasteiger partial charge in [-0.1, -0.05) is 54.2 Å². The van der Waals surface area contributed by atoms with Gasteiger partial charge in [0.25, 0.3) is 0 Å². The number of nitrogens with zero attached hydrogens (tertiary/aromatic N) is 2. The Bertz CT molecular complexity index is 1260. The number of carbonyl (C=O) groups excluding carboxylic acids is 2. The van der Waals surface area contributed by atoms with E-state index >= 15 is 0 Å². The Kier molecular flexibility index (Phi) is 11.1. The zero-order valence-corrected chi connectivity index (χ0v) is 23.9. The molecular formula is C24H27Cl3F3N3O4S. The van der Waals surface area contributed by atoms with Gasteiger partial charge in [-0.3, -0.25) is 13.9 Å². The zero-order chi connectivity index (χ0) is 28.8. The van der Waals surface area contributed by atoms with Gasteiger partial charge in [-0.2, -0.15) is 13.2 Å². The summed E-state index contributed by atoms with van der Waals surface area (Å²) in [4.78, 5) is 27.5. The molecule has 0 bridgehead atoms. The predicted molar refractivity (Wildman–Crippen MR) is 143 cm³/mol. The maximum Gasteiger partial charge on any atom is 0.416 e. The van der Waals surface area contributed by atoms with Crippen LogP contribution in [0.15, 0.2) is 36.4 Å². The Morgan fingerprint density at radius 1 is 1.05 bits per heavy atom. The monoisotopic (exact) mass is 615 g/mol. The SMILES string of the molecule is CCCCNC(=O)C(C)N(Cc1c(Cl)cccc1Cl)C(=O)CN(c1cc(C(F)(F)F)ccc1Cl)S(C)(=O)=O. The van der Waals surface area contributed by atoms with Crippen LogP contribution in [0.2, 0.25) is 15.1 Å². The number of carbonyl (C=O) groups is 2. The first-order valence-electron chi connectivity index (χ1n) is 11.4. The van der Waals surface area contributed by atoms with Crippen molar-refractivity contribution in [2.24, 2.45) is 0 Å². The van der Waals surface area contributed by atoms with Gasteiger partial charge >= 0.3 is 6.18 Å². The van der Waals surface area contributed by atoms with Crippen LogP contribution in [-0.2, 0) is 32.3 Å². The number of sulfonamides is 1. The smallest absolute Gasteiger partial charge is 0.354 e. The van der Waals surface area contributed by atoms with Crippen molar-refractivity contribution in [3.8, 4) is 0 Å². The number of alkyl halides is 3. The molecule has 210 valence electrons. The summed E-state index contributed by atoms with van der Waals surface area (Å²) in [6.45, 7) is 2.52. The standard InChI is InChI=1S/C24H27Cl3F3N3O4S/c1-4-5-11-31-23(35)15(2)32(13-17-18(25)7-6-8-19(17)26)22(34)14-33(38(3,36)37)21-12-16(24(28,29)30)9-10-20(21)27/h6-10,12,15H,4-5,11,13-14H2,1-3H3,(H,31,35). The third kappa shape index (κ3) is 8.39. The van der Waals surface area contributed by atoms with Crippen LogP contribution in [0.4, 0.5) is 18.9 Å². The van der Waals surface area contributed by atoms with Gasteiger partial charge in [-0.15, -0.1) is 0 Å². The van der Waals surface area contributed by atoms with Gasteiger partial charge in [-0.05, 0) is 43.7 Å². The van der Waals surface area contributed by atoms with Crippen molar-refractivity contribution in [1.29, 1.82) is 0 Å². The molecular weight excluding hydrogens is 590 g/mol. The first kappa shape index (κ1) is 32.0. The molecule has 0 aromatic heterocycles. The molecule has 1 atom stereocenters. The number of amides is 2. The topological polar surface area (TPSA) is 86.8 Å². The number of hydrogen-bond donors (Lipinski definition) is 1. The summed E-state index contributed by atoms with van der Waals surface area (Å²) in [5.74, 6) is -1.41. The van der Waals surface area contributed by atoms with Gasteiger partial charge in [0.05, 0.1) is 22.5 Å². The van der Waals surface area contributed by atoms with Gasteiger partial charge in [-0.25, -0.2) is 8.42 Å².